The number of carbonyl (C=O) groups excluding carboxylic acids is 1. The van der Waals surface area contributed by atoms with Crippen molar-refractivity contribution in [3.05, 3.63) is 22.2 Å². The van der Waals surface area contributed by atoms with Crippen LogP contribution in [-0.4, -0.2) is 105 Å². The van der Waals surface area contributed by atoms with E-state index in [1.54, 1.807) is 13.8 Å². The second-order valence-corrected chi connectivity index (χ2v) is 10.5. The van der Waals surface area contributed by atoms with Crippen LogP contribution < -0.4 is 15.8 Å². The summed E-state index contributed by atoms with van der Waals surface area (Å²) in [5.41, 5.74) is 5.23. The number of hydrogen-bond acceptors (Lipinski definition) is 9. The summed E-state index contributed by atoms with van der Waals surface area (Å²) in [4.78, 5) is 34.3. The number of hydrogen-bond donors (Lipinski definition) is 7. The number of aliphatic hydroxyl groups is 3. The molecule has 1 fully saturated rings. The molecule has 0 unspecified atom stereocenters. The van der Waals surface area contributed by atoms with Gasteiger partial charge in [0.05, 0.1) is 35.0 Å². The van der Waals surface area contributed by atoms with Crippen LogP contribution in [0.5, 0.6) is 5.75 Å². The second kappa shape index (κ2) is 12.9. The molecule has 2 aliphatic rings. The van der Waals surface area contributed by atoms with E-state index in [0.717, 1.165) is 12.0 Å². The molecule has 2 heterocycles. The predicted molar refractivity (Wildman–Crippen MR) is 135 cm³/mol. The maximum Gasteiger partial charge on any atom is 0.335 e. The van der Waals surface area contributed by atoms with Gasteiger partial charge in [0.1, 0.15) is 11.4 Å². The van der Waals surface area contributed by atoms with Crippen LogP contribution in [0.1, 0.15) is 49.0 Å². The number of aliphatic hydroxyl groups excluding tert-OH is 2. The van der Waals surface area contributed by atoms with Crippen LogP contribution in [-0.2, 0) is 16.0 Å². The molecule has 12 nitrogen and oxygen atoms in total. The first-order valence-electron chi connectivity index (χ1n) is 12.0. The van der Waals surface area contributed by atoms with Gasteiger partial charge in [0.25, 0.3) is 5.91 Å². The minimum Gasteiger partial charge on any atom is -0.492 e. The first kappa shape index (κ1) is 31.5. The first-order valence-corrected chi connectivity index (χ1v) is 12.4. The van der Waals surface area contributed by atoms with Gasteiger partial charge in [-0.05, 0) is 45.6 Å². The Morgan fingerprint density at radius 1 is 1.21 bits per heavy atom. The molecular weight excluding hydrogens is 529 g/mol. The smallest absolute Gasteiger partial charge is 0.335 e. The van der Waals surface area contributed by atoms with E-state index >= 15 is 4.39 Å². The Morgan fingerprint density at radius 2 is 1.76 bits per heavy atom. The molecule has 0 radical (unpaired) electrons. The Labute approximate surface area is 224 Å². The van der Waals surface area contributed by atoms with Gasteiger partial charge in [-0.25, -0.2) is 14.0 Å². The summed E-state index contributed by atoms with van der Waals surface area (Å²) in [5.74, 6) is -3.49. The number of carboxylic acids is 2. The number of amides is 1. The number of halogens is 2. The standard InChI is InChI=1S/C20H29ClFN3O3.C4H6O6/c1-19(2,27)12-25-7-5-20(22,6-8-25)11-24-18(26)14-10-15(21)16(23)13-4-3-9-28-17(13)14;5-1(3(7)8)2(6)4(9)10/h10,27H,3-9,11-12,23H2,1-2H3,(H,24,26);1-2,5-6H,(H,7,8)(H,9,10)/t;1-,2-/m.1/s1. The summed E-state index contributed by atoms with van der Waals surface area (Å²) < 4.78 is 20.8. The molecule has 1 saturated heterocycles. The third-order valence-corrected chi connectivity index (χ3v) is 6.48. The number of nitrogen functional groups attached to an aromatic ring is 1. The minimum absolute atomic E-state index is 0.0705. The maximum atomic E-state index is 15.2. The summed E-state index contributed by atoms with van der Waals surface area (Å²) in [5, 5.41) is 45.5. The quantitative estimate of drug-likeness (QED) is 0.216. The van der Waals surface area contributed by atoms with Crippen molar-refractivity contribution in [1.82, 2.24) is 10.2 Å². The van der Waals surface area contributed by atoms with Crippen molar-refractivity contribution in [1.29, 1.82) is 0 Å². The maximum absolute atomic E-state index is 15.2. The van der Waals surface area contributed by atoms with Gasteiger partial charge in [0, 0.05) is 25.2 Å². The number of rotatable bonds is 8. The number of ether oxygens (including phenoxy) is 1. The Kier molecular flexibility index (Phi) is 10.7. The normalized spacial score (nSPS) is 18.6. The van der Waals surface area contributed by atoms with Gasteiger partial charge in [-0.3, -0.25) is 4.79 Å². The molecule has 8 N–H and O–H groups in total. The van der Waals surface area contributed by atoms with Crippen LogP contribution in [0.4, 0.5) is 10.1 Å². The molecule has 1 aromatic rings. The fraction of sp³-hybridized carbons (Fsp3) is 0.625. The number of anilines is 1. The van der Waals surface area contributed by atoms with Crippen molar-refractivity contribution in [3.63, 3.8) is 0 Å². The third kappa shape index (κ3) is 8.67. The van der Waals surface area contributed by atoms with Gasteiger partial charge < -0.3 is 46.2 Å². The van der Waals surface area contributed by atoms with E-state index in [1.807, 2.05) is 4.90 Å². The zero-order chi connectivity index (χ0) is 28.8. The van der Waals surface area contributed by atoms with Gasteiger partial charge in [0.15, 0.2) is 12.2 Å². The molecule has 1 aromatic carbocycles. The van der Waals surface area contributed by atoms with Gasteiger partial charge in [-0.2, -0.15) is 0 Å². The van der Waals surface area contributed by atoms with Crippen molar-refractivity contribution in [3.8, 4) is 5.75 Å². The lowest BCUT2D eigenvalue weighted by Gasteiger charge is -2.38. The molecular formula is C24H35ClFN3O9. The average Bonchev–Trinajstić information content (AvgIpc) is 2.85. The van der Waals surface area contributed by atoms with E-state index < -0.39 is 41.3 Å². The van der Waals surface area contributed by atoms with Crippen molar-refractivity contribution in [2.24, 2.45) is 0 Å². The number of carbonyl (C=O) groups is 3. The van der Waals surface area contributed by atoms with E-state index in [0.29, 0.717) is 67.5 Å². The molecule has 1 amide bonds. The van der Waals surface area contributed by atoms with E-state index in [9.17, 15) is 19.5 Å². The number of aliphatic carboxylic acids is 2. The fourth-order valence-electron chi connectivity index (χ4n) is 4.14. The molecule has 38 heavy (non-hydrogen) atoms. The molecule has 214 valence electrons. The number of fused-ring (bicyclic) bond motifs is 1. The molecule has 0 bridgehead atoms. The topological polar surface area (TPSA) is 203 Å². The number of likely N-dealkylation sites (tertiary alicyclic amines) is 1. The van der Waals surface area contributed by atoms with Crippen molar-refractivity contribution in [2.75, 3.05) is 38.5 Å². The van der Waals surface area contributed by atoms with E-state index in [-0.39, 0.29) is 6.54 Å². The largest absolute Gasteiger partial charge is 0.492 e. The lowest BCUT2D eigenvalue weighted by Crippen LogP contribution is -2.50. The van der Waals surface area contributed by atoms with Crippen molar-refractivity contribution >= 4 is 35.1 Å². The number of nitrogens with one attached hydrogen (secondary N) is 1. The van der Waals surface area contributed by atoms with Crippen LogP contribution >= 0.6 is 11.6 Å². The van der Waals surface area contributed by atoms with Crippen LogP contribution in [0.25, 0.3) is 0 Å². The van der Waals surface area contributed by atoms with E-state index in [2.05, 4.69) is 5.32 Å². The summed E-state index contributed by atoms with van der Waals surface area (Å²) in [6.45, 7) is 5.52. The van der Waals surface area contributed by atoms with E-state index in [1.165, 1.54) is 6.07 Å². The Morgan fingerprint density at radius 3 is 2.26 bits per heavy atom. The highest BCUT2D eigenvalue weighted by Crippen LogP contribution is 2.38. The molecule has 3 rings (SSSR count). The summed E-state index contributed by atoms with van der Waals surface area (Å²) in [7, 11) is 0. The predicted octanol–water partition coefficient (Wildman–Crippen LogP) is 0.429. The van der Waals surface area contributed by atoms with Gasteiger partial charge >= 0.3 is 11.9 Å². The molecule has 0 spiro atoms. The van der Waals surface area contributed by atoms with Crippen LogP contribution in [0.15, 0.2) is 6.07 Å². The zero-order valence-corrected chi connectivity index (χ0v) is 22.0. The minimum atomic E-state index is -2.27. The Balaban J connectivity index is 0.000000432. The zero-order valence-electron chi connectivity index (χ0n) is 21.2. The number of nitrogens with two attached hydrogens (primary N) is 1. The monoisotopic (exact) mass is 563 g/mol. The van der Waals surface area contributed by atoms with Gasteiger partial charge in [-0.15, -0.1) is 0 Å². The van der Waals surface area contributed by atoms with Crippen LogP contribution in [0.2, 0.25) is 5.02 Å². The summed E-state index contributed by atoms with van der Waals surface area (Å²) in [6, 6.07) is 1.49. The Bertz CT molecular complexity index is 1010. The molecule has 14 heteroatoms. The highest BCUT2D eigenvalue weighted by molar-refractivity contribution is 6.33. The number of piperidine rings is 1. The summed E-state index contributed by atoms with van der Waals surface area (Å²) >= 11 is 6.18. The number of β-amino-alcohol motifs (C(OH)–C–C–N with tert-alkyl or cyclic N) is 1. The van der Waals surface area contributed by atoms with Gasteiger partial charge in [0.2, 0.25) is 0 Å². The fourth-order valence-corrected chi connectivity index (χ4v) is 4.37. The lowest BCUT2D eigenvalue weighted by atomic mass is 9.92. The van der Waals surface area contributed by atoms with Crippen LogP contribution in [0, 0.1) is 0 Å². The van der Waals surface area contributed by atoms with E-state index in [4.69, 9.17) is 42.5 Å². The molecule has 2 aliphatic heterocycles. The third-order valence-electron chi connectivity index (χ3n) is 6.17. The van der Waals surface area contributed by atoms with Crippen LogP contribution in [0.3, 0.4) is 0 Å². The molecule has 0 saturated carbocycles. The number of benzene rings is 1. The summed E-state index contributed by atoms with van der Waals surface area (Å²) in [6.07, 6.45) is -2.41. The van der Waals surface area contributed by atoms with Crippen molar-refractivity contribution in [2.45, 2.75) is 63.0 Å². The molecule has 0 aliphatic carbocycles. The average molecular weight is 564 g/mol. The lowest BCUT2D eigenvalue weighted by molar-refractivity contribution is -0.165. The Hall–Kier alpha value is -2.71. The molecule has 0 aromatic heterocycles. The number of alkyl halides is 1. The number of nitrogens with zero attached hydrogens (tertiary/aromatic N) is 1. The highest BCUT2D eigenvalue weighted by Gasteiger charge is 2.36. The first-order chi connectivity index (χ1) is 17.5. The van der Waals surface area contributed by atoms with Gasteiger partial charge in [-0.1, -0.05) is 11.6 Å². The second-order valence-electron chi connectivity index (χ2n) is 10.1. The number of carboxylic acid groups (broad SMARTS) is 2. The molecule has 2 atom stereocenters. The van der Waals surface area contributed by atoms with Crippen molar-refractivity contribution < 1.29 is 49.0 Å². The SMILES string of the molecule is CC(C)(O)CN1CCC(F)(CNC(=O)c2cc(Cl)c(N)c3c2OCCC3)CC1.O=C(O)[C@H](O)[C@@H](O)C(=O)O. The highest BCUT2D eigenvalue weighted by atomic mass is 35.5.